The predicted octanol–water partition coefficient (Wildman–Crippen LogP) is 3.29. The van der Waals surface area contributed by atoms with Crippen LogP contribution in [0.25, 0.3) is 0 Å². The lowest BCUT2D eigenvalue weighted by Gasteiger charge is -2.35. The van der Waals surface area contributed by atoms with Crippen LogP contribution in [0.2, 0.25) is 10.0 Å². The zero-order chi connectivity index (χ0) is 14.7. The average Bonchev–Trinajstić information content (AvgIpc) is 2.98. The quantitative estimate of drug-likeness (QED) is 0.843. The van der Waals surface area contributed by atoms with Crippen molar-refractivity contribution in [3.63, 3.8) is 0 Å². The van der Waals surface area contributed by atoms with Crippen LogP contribution < -0.4 is 0 Å². The van der Waals surface area contributed by atoms with Crippen LogP contribution >= 0.6 is 23.2 Å². The first-order valence-corrected chi connectivity index (χ1v) is 8.46. The van der Waals surface area contributed by atoms with E-state index >= 15 is 0 Å². The third kappa shape index (κ3) is 4.33. The van der Waals surface area contributed by atoms with Crippen molar-refractivity contribution in [1.29, 1.82) is 0 Å². The lowest BCUT2D eigenvalue weighted by Crippen LogP contribution is -2.48. The van der Waals surface area contributed by atoms with Crippen molar-refractivity contribution in [2.75, 3.05) is 39.3 Å². The van der Waals surface area contributed by atoms with Crippen molar-refractivity contribution >= 4 is 23.2 Å². The lowest BCUT2D eigenvalue weighted by molar-refractivity contribution is 0.0489. The molecular formula is C16H22Cl2N2O. The summed E-state index contributed by atoms with van der Waals surface area (Å²) in [5.74, 6) is 0. The highest BCUT2D eigenvalue weighted by molar-refractivity contribution is 6.42. The van der Waals surface area contributed by atoms with Gasteiger partial charge in [0, 0.05) is 45.9 Å². The summed E-state index contributed by atoms with van der Waals surface area (Å²) in [4.78, 5) is 5.01. The van der Waals surface area contributed by atoms with E-state index in [2.05, 4.69) is 15.9 Å². The normalized spacial score (nSPS) is 24.6. The molecule has 0 spiro atoms. The summed E-state index contributed by atoms with van der Waals surface area (Å²) >= 11 is 12.0. The number of piperazine rings is 1. The fraction of sp³-hybridized carbons (Fsp3) is 0.625. The van der Waals surface area contributed by atoms with Gasteiger partial charge in [0.2, 0.25) is 0 Å². The van der Waals surface area contributed by atoms with E-state index in [1.165, 1.54) is 18.4 Å². The minimum atomic E-state index is 0.464. The van der Waals surface area contributed by atoms with Gasteiger partial charge in [0.15, 0.2) is 0 Å². The Labute approximate surface area is 136 Å². The standard InChI is InChI=1S/C16H22Cl2N2O/c17-15-4-3-13(10-16(15)18)11-19-5-7-20(8-6-19)12-14-2-1-9-21-14/h3-4,10,14H,1-2,5-9,11-12H2. The van der Waals surface area contributed by atoms with E-state index in [-0.39, 0.29) is 0 Å². The molecule has 2 aliphatic heterocycles. The van der Waals surface area contributed by atoms with Gasteiger partial charge < -0.3 is 4.74 Å². The molecule has 1 aromatic rings. The van der Waals surface area contributed by atoms with Gasteiger partial charge in [-0.05, 0) is 30.5 Å². The number of nitrogens with zero attached hydrogens (tertiary/aromatic N) is 2. The first-order chi connectivity index (χ1) is 10.2. The maximum absolute atomic E-state index is 6.08. The molecule has 3 rings (SSSR count). The van der Waals surface area contributed by atoms with E-state index in [4.69, 9.17) is 27.9 Å². The molecule has 21 heavy (non-hydrogen) atoms. The molecule has 3 nitrogen and oxygen atoms in total. The molecule has 0 amide bonds. The van der Waals surface area contributed by atoms with Crippen molar-refractivity contribution in [3.05, 3.63) is 33.8 Å². The highest BCUT2D eigenvalue weighted by Gasteiger charge is 2.22. The zero-order valence-electron chi connectivity index (χ0n) is 12.2. The molecule has 0 aromatic heterocycles. The van der Waals surface area contributed by atoms with Crippen molar-refractivity contribution in [1.82, 2.24) is 9.80 Å². The molecule has 1 aromatic carbocycles. The summed E-state index contributed by atoms with van der Waals surface area (Å²) in [6.07, 6.45) is 2.91. The molecule has 2 heterocycles. The molecular weight excluding hydrogens is 307 g/mol. The largest absolute Gasteiger partial charge is 0.377 e. The average molecular weight is 329 g/mol. The SMILES string of the molecule is Clc1ccc(CN2CCN(CC3CCCO3)CC2)cc1Cl. The highest BCUT2D eigenvalue weighted by atomic mass is 35.5. The molecule has 2 aliphatic rings. The fourth-order valence-electron chi connectivity index (χ4n) is 3.10. The topological polar surface area (TPSA) is 15.7 Å². The van der Waals surface area contributed by atoms with Crippen molar-refractivity contribution in [2.24, 2.45) is 0 Å². The molecule has 1 atom stereocenters. The predicted molar refractivity (Wildman–Crippen MR) is 87.2 cm³/mol. The smallest absolute Gasteiger partial charge is 0.0702 e. The number of hydrogen-bond acceptors (Lipinski definition) is 3. The van der Waals surface area contributed by atoms with E-state index in [1.54, 1.807) is 0 Å². The number of halogens is 2. The van der Waals surface area contributed by atoms with Crippen LogP contribution in [0.15, 0.2) is 18.2 Å². The Kier molecular flexibility index (Phi) is 5.41. The van der Waals surface area contributed by atoms with Gasteiger partial charge in [-0.1, -0.05) is 29.3 Å². The summed E-state index contributed by atoms with van der Waals surface area (Å²) in [5.41, 5.74) is 1.23. The van der Waals surface area contributed by atoms with Gasteiger partial charge in [-0.15, -0.1) is 0 Å². The lowest BCUT2D eigenvalue weighted by atomic mass is 10.2. The van der Waals surface area contributed by atoms with Gasteiger partial charge in [-0.2, -0.15) is 0 Å². The first-order valence-electron chi connectivity index (χ1n) is 7.71. The van der Waals surface area contributed by atoms with Crippen LogP contribution in [0.3, 0.4) is 0 Å². The maximum Gasteiger partial charge on any atom is 0.0702 e. The summed E-state index contributed by atoms with van der Waals surface area (Å²) in [6, 6.07) is 5.92. The van der Waals surface area contributed by atoms with E-state index in [0.29, 0.717) is 16.1 Å². The van der Waals surface area contributed by atoms with Crippen molar-refractivity contribution in [2.45, 2.75) is 25.5 Å². The second-order valence-electron chi connectivity index (χ2n) is 5.96. The molecule has 0 radical (unpaired) electrons. The molecule has 116 valence electrons. The van der Waals surface area contributed by atoms with Crippen LogP contribution in [-0.2, 0) is 11.3 Å². The van der Waals surface area contributed by atoms with Gasteiger partial charge in [0.25, 0.3) is 0 Å². The highest BCUT2D eigenvalue weighted by Crippen LogP contribution is 2.23. The molecule has 2 saturated heterocycles. The second-order valence-corrected chi connectivity index (χ2v) is 6.77. The van der Waals surface area contributed by atoms with E-state index < -0.39 is 0 Å². The third-order valence-corrected chi connectivity index (χ3v) is 5.08. The van der Waals surface area contributed by atoms with Gasteiger partial charge in [0.1, 0.15) is 0 Å². The summed E-state index contributed by atoms with van der Waals surface area (Å²) in [5, 5.41) is 1.27. The molecule has 0 bridgehead atoms. The number of benzene rings is 1. The minimum Gasteiger partial charge on any atom is -0.377 e. The fourth-order valence-corrected chi connectivity index (χ4v) is 3.42. The molecule has 1 unspecified atom stereocenters. The molecule has 0 N–H and O–H groups in total. The first kappa shape index (κ1) is 15.6. The molecule has 5 heteroatoms. The Hall–Kier alpha value is -0.320. The van der Waals surface area contributed by atoms with Crippen LogP contribution in [-0.4, -0.2) is 55.2 Å². The third-order valence-electron chi connectivity index (χ3n) is 4.34. The van der Waals surface area contributed by atoms with Crippen molar-refractivity contribution in [3.8, 4) is 0 Å². The van der Waals surface area contributed by atoms with Gasteiger partial charge in [-0.25, -0.2) is 0 Å². The second kappa shape index (κ2) is 7.30. The molecule has 2 fully saturated rings. The number of rotatable bonds is 4. The van der Waals surface area contributed by atoms with E-state index in [0.717, 1.165) is 45.9 Å². The van der Waals surface area contributed by atoms with Crippen LogP contribution in [0.4, 0.5) is 0 Å². The summed E-state index contributed by atoms with van der Waals surface area (Å²) < 4.78 is 5.72. The van der Waals surface area contributed by atoms with Gasteiger partial charge in [0.05, 0.1) is 16.1 Å². The Bertz CT molecular complexity index is 469. The molecule has 0 aliphatic carbocycles. The monoisotopic (exact) mass is 328 g/mol. The van der Waals surface area contributed by atoms with Crippen LogP contribution in [0, 0.1) is 0 Å². The summed E-state index contributed by atoms with van der Waals surface area (Å²) in [6.45, 7) is 7.45. The van der Waals surface area contributed by atoms with E-state index in [9.17, 15) is 0 Å². The Balaban J connectivity index is 1.45. The van der Waals surface area contributed by atoms with Crippen molar-refractivity contribution < 1.29 is 4.74 Å². The maximum atomic E-state index is 6.08. The van der Waals surface area contributed by atoms with Crippen LogP contribution in [0.5, 0.6) is 0 Å². The Morgan fingerprint density at radius 2 is 1.81 bits per heavy atom. The van der Waals surface area contributed by atoms with Crippen LogP contribution in [0.1, 0.15) is 18.4 Å². The summed E-state index contributed by atoms with van der Waals surface area (Å²) in [7, 11) is 0. The minimum absolute atomic E-state index is 0.464. The number of ether oxygens (including phenoxy) is 1. The van der Waals surface area contributed by atoms with Gasteiger partial charge >= 0.3 is 0 Å². The molecule has 0 saturated carbocycles. The number of hydrogen-bond donors (Lipinski definition) is 0. The van der Waals surface area contributed by atoms with E-state index in [1.807, 2.05) is 12.1 Å². The Morgan fingerprint density at radius 3 is 2.48 bits per heavy atom. The Morgan fingerprint density at radius 1 is 1.05 bits per heavy atom. The zero-order valence-corrected chi connectivity index (χ0v) is 13.7. The van der Waals surface area contributed by atoms with Gasteiger partial charge in [-0.3, -0.25) is 9.80 Å².